The van der Waals surface area contributed by atoms with Gasteiger partial charge in [0.2, 0.25) is 0 Å². The molecule has 0 N–H and O–H groups in total. The first-order chi connectivity index (χ1) is 10.9. The van der Waals surface area contributed by atoms with E-state index in [1.165, 1.54) is 0 Å². The van der Waals surface area contributed by atoms with E-state index in [-0.39, 0.29) is 5.41 Å². The molecular weight excluding hydrogens is 333 g/mol. The van der Waals surface area contributed by atoms with E-state index in [4.69, 9.17) is 32.9 Å². The third kappa shape index (κ3) is 4.31. The summed E-state index contributed by atoms with van der Waals surface area (Å²) >= 11 is 12.6. The minimum absolute atomic E-state index is 0.100. The van der Waals surface area contributed by atoms with Crippen LogP contribution >= 0.6 is 23.2 Å². The average Bonchev–Trinajstić information content (AvgIpc) is 2.47. The first kappa shape index (κ1) is 18.4. The van der Waals surface area contributed by atoms with Crippen molar-refractivity contribution in [2.24, 2.45) is 4.99 Å². The molecule has 2 rings (SSSR count). The number of aliphatic imine (C=N–C) groups is 1. The Labute approximate surface area is 149 Å². The Morgan fingerprint density at radius 2 is 1.74 bits per heavy atom. The van der Waals surface area contributed by atoms with Gasteiger partial charge in [-0.2, -0.15) is 0 Å². The molecule has 0 saturated carbocycles. The van der Waals surface area contributed by atoms with Crippen LogP contribution in [0.5, 0.6) is 0 Å². The Morgan fingerprint density at radius 1 is 1.13 bits per heavy atom. The van der Waals surface area contributed by atoms with Gasteiger partial charge < -0.3 is 14.5 Å². The van der Waals surface area contributed by atoms with Crippen LogP contribution in [-0.2, 0) is 10.2 Å². The molecular formula is C17H25Cl2N3O. The van der Waals surface area contributed by atoms with Crippen molar-refractivity contribution in [3.8, 4) is 0 Å². The standard InChI is InChI=1S/C17H25Cl2N3O/c1-21(2)16(22(3)4)20-12-17(7-9-23-10-8-17)14-6-5-13(18)11-15(14)19/h5-6,11H,7-10,12H2,1-4H3. The van der Waals surface area contributed by atoms with E-state index in [9.17, 15) is 0 Å². The second-order valence-corrected chi connectivity index (χ2v) is 7.27. The first-order valence-electron chi connectivity index (χ1n) is 7.78. The fourth-order valence-electron chi connectivity index (χ4n) is 3.10. The molecule has 128 valence electrons. The Kier molecular flexibility index (Phi) is 6.18. The van der Waals surface area contributed by atoms with Gasteiger partial charge in [-0.3, -0.25) is 4.99 Å². The highest BCUT2D eigenvalue weighted by atomic mass is 35.5. The molecule has 1 fully saturated rings. The molecule has 0 radical (unpaired) electrons. The molecule has 1 aromatic carbocycles. The third-order valence-electron chi connectivity index (χ3n) is 4.28. The summed E-state index contributed by atoms with van der Waals surface area (Å²) in [5, 5.41) is 1.37. The average molecular weight is 358 g/mol. The Hall–Kier alpha value is -0.970. The van der Waals surface area contributed by atoms with E-state index in [0.717, 1.165) is 37.6 Å². The molecule has 1 heterocycles. The largest absolute Gasteiger partial charge is 0.381 e. The van der Waals surface area contributed by atoms with Crippen LogP contribution in [0.25, 0.3) is 0 Å². The van der Waals surface area contributed by atoms with Crippen LogP contribution in [0, 0.1) is 0 Å². The monoisotopic (exact) mass is 357 g/mol. The highest BCUT2D eigenvalue weighted by Crippen LogP contribution is 2.40. The van der Waals surface area contributed by atoms with Gasteiger partial charge >= 0.3 is 0 Å². The zero-order chi connectivity index (χ0) is 17.0. The molecule has 0 unspecified atom stereocenters. The molecule has 4 nitrogen and oxygen atoms in total. The number of ether oxygens (including phenoxy) is 1. The van der Waals surface area contributed by atoms with Crippen LogP contribution in [0.3, 0.4) is 0 Å². The number of hydrogen-bond acceptors (Lipinski definition) is 2. The van der Waals surface area contributed by atoms with Crippen molar-refractivity contribution < 1.29 is 4.74 Å². The summed E-state index contributed by atoms with van der Waals surface area (Å²) in [6.07, 6.45) is 1.82. The van der Waals surface area contributed by atoms with Crippen molar-refractivity contribution in [3.63, 3.8) is 0 Å². The topological polar surface area (TPSA) is 28.1 Å². The van der Waals surface area contributed by atoms with E-state index < -0.39 is 0 Å². The van der Waals surface area contributed by atoms with Crippen LogP contribution in [-0.4, -0.2) is 63.7 Å². The summed E-state index contributed by atoms with van der Waals surface area (Å²) < 4.78 is 5.57. The van der Waals surface area contributed by atoms with E-state index in [2.05, 4.69) is 0 Å². The zero-order valence-corrected chi connectivity index (χ0v) is 15.8. The van der Waals surface area contributed by atoms with E-state index in [0.29, 0.717) is 16.6 Å². The highest BCUT2D eigenvalue weighted by Gasteiger charge is 2.36. The lowest BCUT2D eigenvalue weighted by Gasteiger charge is -2.37. The second kappa shape index (κ2) is 7.73. The summed E-state index contributed by atoms with van der Waals surface area (Å²) in [5.74, 6) is 0.945. The molecule has 6 heteroatoms. The predicted octanol–water partition coefficient (Wildman–Crippen LogP) is 3.52. The lowest BCUT2D eigenvalue weighted by atomic mass is 9.74. The SMILES string of the molecule is CN(C)C(=NCC1(c2ccc(Cl)cc2Cl)CCOCC1)N(C)C. The number of hydrogen-bond donors (Lipinski definition) is 0. The Balaban J connectivity index is 2.38. The normalized spacial score (nSPS) is 16.8. The lowest BCUT2D eigenvalue weighted by Crippen LogP contribution is -2.40. The fraction of sp³-hybridized carbons (Fsp3) is 0.588. The molecule has 1 aliphatic rings. The summed E-state index contributed by atoms with van der Waals surface area (Å²) in [6.45, 7) is 2.14. The van der Waals surface area contributed by atoms with Crippen molar-refractivity contribution in [2.75, 3.05) is 47.9 Å². The minimum Gasteiger partial charge on any atom is -0.381 e. The number of nitrogens with zero attached hydrogens (tertiary/aromatic N) is 3. The van der Waals surface area contributed by atoms with Gasteiger partial charge in [0.1, 0.15) is 0 Å². The van der Waals surface area contributed by atoms with Gasteiger partial charge in [0.25, 0.3) is 0 Å². The van der Waals surface area contributed by atoms with E-state index in [1.54, 1.807) is 0 Å². The summed E-state index contributed by atoms with van der Waals surface area (Å²) in [4.78, 5) is 8.93. The van der Waals surface area contributed by atoms with Crippen molar-refractivity contribution in [2.45, 2.75) is 18.3 Å². The van der Waals surface area contributed by atoms with Crippen molar-refractivity contribution >= 4 is 29.2 Å². The smallest absolute Gasteiger partial charge is 0.195 e. The Morgan fingerprint density at radius 3 is 2.26 bits per heavy atom. The summed E-state index contributed by atoms with van der Waals surface area (Å²) in [7, 11) is 8.02. The first-order valence-corrected chi connectivity index (χ1v) is 8.54. The van der Waals surface area contributed by atoms with E-state index >= 15 is 0 Å². The molecule has 23 heavy (non-hydrogen) atoms. The van der Waals surface area contributed by atoms with Crippen molar-refractivity contribution in [1.29, 1.82) is 0 Å². The molecule has 0 spiro atoms. The number of guanidine groups is 1. The minimum atomic E-state index is -0.100. The van der Waals surface area contributed by atoms with Gasteiger partial charge in [0, 0.05) is 56.9 Å². The van der Waals surface area contributed by atoms with Crippen molar-refractivity contribution in [1.82, 2.24) is 9.80 Å². The zero-order valence-electron chi connectivity index (χ0n) is 14.3. The molecule has 0 bridgehead atoms. The molecule has 1 aliphatic heterocycles. The van der Waals surface area contributed by atoms with Crippen LogP contribution in [0.4, 0.5) is 0 Å². The van der Waals surface area contributed by atoms with Gasteiger partial charge in [0.15, 0.2) is 5.96 Å². The summed E-state index contributed by atoms with van der Waals surface area (Å²) in [6, 6.07) is 5.76. The van der Waals surface area contributed by atoms with Gasteiger partial charge in [-0.25, -0.2) is 0 Å². The Bertz CT molecular complexity index is 557. The molecule has 0 atom stereocenters. The summed E-state index contributed by atoms with van der Waals surface area (Å²) in [5.41, 5.74) is 1.02. The quantitative estimate of drug-likeness (QED) is 0.611. The second-order valence-electron chi connectivity index (χ2n) is 6.42. The maximum absolute atomic E-state index is 6.50. The molecule has 0 aliphatic carbocycles. The number of halogens is 2. The third-order valence-corrected chi connectivity index (χ3v) is 4.82. The fourth-order valence-corrected chi connectivity index (χ4v) is 3.71. The lowest BCUT2D eigenvalue weighted by molar-refractivity contribution is 0.0530. The van der Waals surface area contributed by atoms with Gasteiger partial charge in [-0.15, -0.1) is 0 Å². The molecule has 1 aromatic rings. The maximum Gasteiger partial charge on any atom is 0.195 e. The highest BCUT2D eigenvalue weighted by molar-refractivity contribution is 6.35. The number of benzene rings is 1. The van der Waals surface area contributed by atoms with Crippen LogP contribution in [0.2, 0.25) is 10.0 Å². The number of rotatable bonds is 3. The molecule has 0 amide bonds. The maximum atomic E-state index is 6.50. The van der Waals surface area contributed by atoms with Crippen molar-refractivity contribution in [3.05, 3.63) is 33.8 Å². The van der Waals surface area contributed by atoms with Gasteiger partial charge in [-0.05, 0) is 30.5 Å². The predicted molar refractivity (Wildman–Crippen MR) is 97.9 cm³/mol. The molecule has 0 aromatic heterocycles. The van der Waals surface area contributed by atoms with E-state index in [1.807, 2.05) is 56.2 Å². The van der Waals surface area contributed by atoms with Gasteiger partial charge in [-0.1, -0.05) is 29.3 Å². The van der Waals surface area contributed by atoms with Crippen LogP contribution in [0.15, 0.2) is 23.2 Å². The van der Waals surface area contributed by atoms with Gasteiger partial charge in [0.05, 0.1) is 6.54 Å². The van der Waals surface area contributed by atoms with Crippen LogP contribution < -0.4 is 0 Å². The van der Waals surface area contributed by atoms with Crippen LogP contribution in [0.1, 0.15) is 18.4 Å². The molecule has 1 saturated heterocycles.